The van der Waals surface area contributed by atoms with Gasteiger partial charge in [-0.2, -0.15) is 0 Å². The fourth-order valence-electron chi connectivity index (χ4n) is 6.31. The monoisotopic (exact) mass is 607 g/mol. The highest BCUT2D eigenvalue weighted by molar-refractivity contribution is 6.41. The van der Waals surface area contributed by atoms with E-state index in [1.165, 1.54) is 24.8 Å². The molecule has 0 aromatic heterocycles. The molecule has 0 aliphatic carbocycles. The number of halogens is 2. The van der Waals surface area contributed by atoms with Gasteiger partial charge in [0.25, 0.3) is 5.91 Å². The van der Waals surface area contributed by atoms with E-state index < -0.39 is 0 Å². The molecule has 3 aromatic carbocycles. The van der Waals surface area contributed by atoms with Crippen LogP contribution in [0, 0.1) is 5.92 Å². The molecule has 5 rings (SSSR count). The number of hydrogen-bond acceptors (Lipinski definition) is 3. The summed E-state index contributed by atoms with van der Waals surface area (Å²) in [6.45, 7) is 6.55. The fourth-order valence-corrected chi connectivity index (χ4v) is 6.58. The molecule has 2 aliphatic rings. The van der Waals surface area contributed by atoms with Crippen LogP contribution in [0.4, 0.5) is 0 Å². The summed E-state index contributed by atoms with van der Waals surface area (Å²) in [7, 11) is 1.95. The molecule has 2 heterocycles. The lowest BCUT2D eigenvalue weighted by Crippen LogP contribution is -2.53. The second-order valence-corrected chi connectivity index (χ2v) is 12.3. The number of piperidine rings is 2. The van der Waals surface area contributed by atoms with E-state index >= 15 is 0 Å². The number of carbonyl (C=O) groups excluding carboxylic acids is 2. The van der Waals surface area contributed by atoms with Gasteiger partial charge in [0.15, 0.2) is 0 Å². The van der Waals surface area contributed by atoms with Gasteiger partial charge in [0, 0.05) is 45.7 Å². The predicted molar refractivity (Wildman–Crippen MR) is 173 cm³/mol. The zero-order valence-electron chi connectivity index (χ0n) is 24.9. The molecule has 2 amide bonds. The summed E-state index contributed by atoms with van der Waals surface area (Å²) in [4.78, 5) is 31.7. The largest absolute Gasteiger partial charge is 0.338 e. The zero-order chi connectivity index (χ0) is 30.0. The first-order valence-corrected chi connectivity index (χ1v) is 15.8. The molecule has 1 atom stereocenters. The van der Waals surface area contributed by atoms with E-state index in [1.54, 1.807) is 19.1 Å². The summed E-state index contributed by atoms with van der Waals surface area (Å²) in [6, 6.07) is 27.4. The van der Waals surface area contributed by atoms with E-state index in [4.69, 9.17) is 23.2 Å². The van der Waals surface area contributed by atoms with Crippen LogP contribution < -0.4 is 0 Å². The summed E-state index contributed by atoms with van der Waals surface area (Å²) < 4.78 is 0. The van der Waals surface area contributed by atoms with Gasteiger partial charge >= 0.3 is 0 Å². The molecule has 2 saturated heterocycles. The van der Waals surface area contributed by atoms with E-state index in [0.29, 0.717) is 16.0 Å². The molecule has 5 nitrogen and oxygen atoms in total. The van der Waals surface area contributed by atoms with Gasteiger partial charge in [-0.15, -0.1) is 0 Å². The Balaban J connectivity index is 0.000000437. The summed E-state index contributed by atoms with van der Waals surface area (Å²) >= 11 is 11.2. The van der Waals surface area contributed by atoms with Crippen molar-refractivity contribution >= 4 is 35.0 Å². The Hall–Kier alpha value is -2.86. The zero-order valence-corrected chi connectivity index (χ0v) is 26.4. The lowest BCUT2D eigenvalue weighted by Gasteiger charge is -2.47. The van der Waals surface area contributed by atoms with Crippen LogP contribution in [0.2, 0.25) is 10.0 Å². The Bertz CT molecular complexity index is 1260. The first kappa shape index (κ1) is 32.1. The lowest BCUT2D eigenvalue weighted by atomic mass is 9.79. The van der Waals surface area contributed by atoms with Gasteiger partial charge in [0.2, 0.25) is 5.91 Å². The summed E-state index contributed by atoms with van der Waals surface area (Å²) in [5.41, 5.74) is 1.84. The SMILES string of the molecule is CC(=O)N(C)C1(c2ccccc2)CCN(CCCC2CCCN(C(=O)c3ccccc3)C2)CC1.Clc1ccccc1Cl. The minimum Gasteiger partial charge on any atom is -0.338 e. The van der Waals surface area contributed by atoms with E-state index in [2.05, 4.69) is 34.1 Å². The van der Waals surface area contributed by atoms with Crippen LogP contribution in [0.15, 0.2) is 84.9 Å². The first-order chi connectivity index (χ1) is 20.3. The third kappa shape index (κ3) is 8.37. The van der Waals surface area contributed by atoms with Crippen molar-refractivity contribution in [3.8, 4) is 0 Å². The molecule has 1 unspecified atom stereocenters. The van der Waals surface area contributed by atoms with E-state index in [1.807, 2.05) is 60.5 Å². The van der Waals surface area contributed by atoms with Crippen molar-refractivity contribution in [3.63, 3.8) is 0 Å². The van der Waals surface area contributed by atoms with Gasteiger partial charge in [-0.1, -0.05) is 83.9 Å². The first-order valence-electron chi connectivity index (χ1n) is 15.1. The Morgan fingerprint density at radius 1 is 0.857 bits per heavy atom. The maximum atomic E-state index is 12.8. The van der Waals surface area contributed by atoms with Crippen molar-refractivity contribution in [2.45, 2.75) is 51.0 Å². The molecular formula is C35H43Cl2N3O2. The van der Waals surface area contributed by atoms with Crippen LogP contribution in [0.3, 0.4) is 0 Å². The average molecular weight is 609 g/mol. The Morgan fingerprint density at radius 2 is 1.43 bits per heavy atom. The van der Waals surface area contributed by atoms with Crippen LogP contribution in [0.1, 0.15) is 61.4 Å². The van der Waals surface area contributed by atoms with Crippen molar-refractivity contribution in [2.24, 2.45) is 5.92 Å². The maximum absolute atomic E-state index is 12.8. The van der Waals surface area contributed by atoms with Crippen LogP contribution >= 0.6 is 23.2 Å². The van der Waals surface area contributed by atoms with Gasteiger partial charge < -0.3 is 14.7 Å². The smallest absolute Gasteiger partial charge is 0.253 e. The molecule has 2 fully saturated rings. The number of benzene rings is 3. The molecule has 2 aliphatic heterocycles. The van der Waals surface area contributed by atoms with Crippen LogP contribution in [-0.4, -0.2) is 66.3 Å². The topological polar surface area (TPSA) is 43.9 Å². The molecule has 0 N–H and O–H groups in total. The maximum Gasteiger partial charge on any atom is 0.253 e. The minimum atomic E-state index is -0.203. The molecule has 224 valence electrons. The summed E-state index contributed by atoms with van der Waals surface area (Å²) in [5, 5.41) is 1.21. The highest BCUT2D eigenvalue weighted by Crippen LogP contribution is 2.38. The number of likely N-dealkylation sites (tertiary alicyclic amines) is 2. The van der Waals surface area contributed by atoms with Gasteiger partial charge in [0.1, 0.15) is 0 Å². The second kappa shape index (κ2) is 15.6. The van der Waals surface area contributed by atoms with Gasteiger partial charge in [-0.3, -0.25) is 9.59 Å². The third-order valence-electron chi connectivity index (χ3n) is 8.85. The Kier molecular flexibility index (Phi) is 11.9. The van der Waals surface area contributed by atoms with Crippen LogP contribution in [-0.2, 0) is 10.3 Å². The van der Waals surface area contributed by atoms with E-state index in [9.17, 15) is 9.59 Å². The molecule has 0 saturated carbocycles. The Morgan fingerprint density at radius 3 is 2.00 bits per heavy atom. The Labute approximate surface area is 261 Å². The fraction of sp³-hybridized carbons (Fsp3) is 0.429. The van der Waals surface area contributed by atoms with Gasteiger partial charge in [0.05, 0.1) is 15.6 Å². The number of carbonyl (C=O) groups is 2. The molecule has 7 heteroatoms. The highest BCUT2D eigenvalue weighted by Gasteiger charge is 2.40. The van der Waals surface area contributed by atoms with E-state index in [-0.39, 0.29) is 17.4 Å². The van der Waals surface area contributed by atoms with Crippen molar-refractivity contribution in [3.05, 3.63) is 106 Å². The number of rotatable bonds is 7. The standard InChI is InChI=1S/C29H39N3O2.C6H4Cl2/c1-24(33)30(2)29(27-15-7-4-8-16-27)17-21-31(22-18-29)19-9-11-25-12-10-20-32(23-25)28(34)26-13-5-3-6-14-26;7-5-3-1-2-4-6(5)8/h3-8,13-16,25H,9-12,17-23H2,1-2H3;1-4H. The van der Waals surface area contributed by atoms with Gasteiger partial charge in [-0.05, 0) is 80.8 Å². The summed E-state index contributed by atoms with van der Waals surface area (Å²) in [5.74, 6) is 0.899. The molecular weight excluding hydrogens is 565 g/mol. The third-order valence-corrected chi connectivity index (χ3v) is 9.60. The quantitative estimate of drug-likeness (QED) is 0.275. The number of nitrogens with zero attached hydrogens (tertiary/aromatic N) is 3. The predicted octanol–water partition coefficient (Wildman–Crippen LogP) is 7.78. The second-order valence-electron chi connectivity index (χ2n) is 11.5. The number of amides is 2. The van der Waals surface area contributed by atoms with Crippen LogP contribution in [0.25, 0.3) is 0 Å². The van der Waals surface area contributed by atoms with Crippen LogP contribution in [0.5, 0.6) is 0 Å². The lowest BCUT2D eigenvalue weighted by molar-refractivity contribution is -0.136. The highest BCUT2D eigenvalue weighted by atomic mass is 35.5. The summed E-state index contributed by atoms with van der Waals surface area (Å²) in [6.07, 6.45) is 6.60. The molecule has 0 bridgehead atoms. The number of hydrogen-bond donors (Lipinski definition) is 0. The minimum absolute atomic E-state index is 0.129. The average Bonchev–Trinajstić information content (AvgIpc) is 3.03. The van der Waals surface area contributed by atoms with Crippen molar-refractivity contribution < 1.29 is 9.59 Å². The molecule has 42 heavy (non-hydrogen) atoms. The molecule has 3 aromatic rings. The normalized spacial score (nSPS) is 18.5. The molecule has 0 spiro atoms. The van der Waals surface area contributed by atoms with Crippen molar-refractivity contribution in [1.29, 1.82) is 0 Å². The van der Waals surface area contributed by atoms with Gasteiger partial charge in [-0.25, -0.2) is 0 Å². The van der Waals surface area contributed by atoms with Crippen molar-refractivity contribution in [1.82, 2.24) is 14.7 Å². The molecule has 0 radical (unpaired) electrons. The van der Waals surface area contributed by atoms with Crippen molar-refractivity contribution in [2.75, 3.05) is 39.8 Å². The van der Waals surface area contributed by atoms with E-state index in [0.717, 1.165) is 57.5 Å².